The van der Waals surface area contributed by atoms with Gasteiger partial charge in [0.1, 0.15) is 5.82 Å². The second-order valence-electron chi connectivity index (χ2n) is 3.94. The van der Waals surface area contributed by atoms with Crippen LogP contribution in [-0.4, -0.2) is 25.5 Å². The first-order chi connectivity index (χ1) is 6.61. The molecule has 0 radical (unpaired) electrons. The summed E-state index contributed by atoms with van der Waals surface area (Å²) in [4.78, 5) is 2.12. The molecule has 0 bridgehead atoms. The van der Waals surface area contributed by atoms with Crippen molar-refractivity contribution in [3.05, 3.63) is 35.1 Å². The van der Waals surface area contributed by atoms with Gasteiger partial charge in [0.15, 0.2) is 0 Å². The first-order valence-electron chi connectivity index (χ1n) is 5.00. The van der Waals surface area contributed by atoms with Crippen molar-refractivity contribution in [1.29, 1.82) is 0 Å². The van der Waals surface area contributed by atoms with Crippen LogP contribution in [0.3, 0.4) is 0 Å². The molecule has 0 aliphatic carbocycles. The summed E-state index contributed by atoms with van der Waals surface area (Å²) in [7, 11) is 4.07. The van der Waals surface area contributed by atoms with Gasteiger partial charge in [0.25, 0.3) is 0 Å². The zero-order valence-electron chi connectivity index (χ0n) is 9.18. The van der Waals surface area contributed by atoms with Crippen molar-refractivity contribution >= 4 is 0 Å². The van der Waals surface area contributed by atoms with Gasteiger partial charge < -0.3 is 4.90 Å². The third kappa shape index (κ3) is 3.11. The molecule has 14 heavy (non-hydrogen) atoms. The number of benzene rings is 1. The topological polar surface area (TPSA) is 3.24 Å². The number of halogens is 1. The lowest BCUT2D eigenvalue weighted by Gasteiger charge is -2.10. The van der Waals surface area contributed by atoms with Crippen molar-refractivity contribution in [3.63, 3.8) is 0 Å². The summed E-state index contributed by atoms with van der Waals surface area (Å²) in [6.45, 7) is 2.97. The van der Waals surface area contributed by atoms with Crippen LogP contribution in [0.1, 0.15) is 17.5 Å². The summed E-state index contributed by atoms with van der Waals surface area (Å²) in [5.41, 5.74) is 1.93. The molecule has 1 aromatic carbocycles. The molecule has 0 atom stereocenters. The lowest BCUT2D eigenvalue weighted by atomic mass is 10.0. The summed E-state index contributed by atoms with van der Waals surface area (Å²) in [5, 5.41) is 0. The molecule has 2 heteroatoms. The predicted octanol–water partition coefficient (Wildman–Crippen LogP) is 2.63. The van der Waals surface area contributed by atoms with Gasteiger partial charge in [-0.3, -0.25) is 0 Å². The van der Waals surface area contributed by atoms with E-state index < -0.39 is 0 Å². The van der Waals surface area contributed by atoms with Gasteiger partial charge in [0, 0.05) is 0 Å². The predicted molar refractivity (Wildman–Crippen MR) is 58.0 cm³/mol. The summed E-state index contributed by atoms with van der Waals surface area (Å²) in [5.74, 6) is -0.0660. The lowest BCUT2D eigenvalue weighted by Crippen LogP contribution is -2.14. The highest BCUT2D eigenvalue weighted by atomic mass is 19.1. The number of aryl methyl sites for hydroxylation is 1. The van der Waals surface area contributed by atoms with Crippen molar-refractivity contribution in [3.8, 4) is 0 Å². The second-order valence-corrected chi connectivity index (χ2v) is 3.94. The lowest BCUT2D eigenvalue weighted by molar-refractivity contribution is 0.398. The molecule has 0 heterocycles. The first kappa shape index (κ1) is 11.2. The number of hydrogen-bond donors (Lipinski definition) is 0. The number of nitrogens with zero attached hydrogens (tertiary/aromatic N) is 1. The summed E-state index contributed by atoms with van der Waals surface area (Å²) < 4.78 is 13.4. The van der Waals surface area contributed by atoms with Crippen LogP contribution < -0.4 is 0 Å². The highest BCUT2D eigenvalue weighted by Crippen LogP contribution is 2.14. The van der Waals surface area contributed by atoms with Gasteiger partial charge >= 0.3 is 0 Å². The summed E-state index contributed by atoms with van der Waals surface area (Å²) in [6.07, 6.45) is 1.84. The highest BCUT2D eigenvalue weighted by Gasteiger charge is 2.04. The fourth-order valence-electron chi connectivity index (χ4n) is 1.56. The monoisotopic (exact) mass is 195 g/mol. The van der Waals surface area contributed by atoms with E-state index in [1.165, 1.54) is 6.07 Å². The minimum absolute atomic E-state index is 0.0660. The third-order valence-electron chi connectivity index (χ3n) is 2.39. The molecule has 0 aliphatic rings. The maximum Gasteiger partial charge on any atom is 0.126 e. The molecule has 0 unspecified atom stereocenters. The Bertz CT molecular complexity index is 274. The van der Waals surface area contributed by atoms with Crippen LogP contribution in [0, 0.1) is 12.7 Å². The van der Waals surface area contributed by atoms with Gasteiger partial charge in [-0.25, -0.2) is 4.39 Å². The van der Waals surface area contributed by atoms with E-state index in [-0.39, 0.29) is 5.82 Å². The molecule has 0 saturated heterocycles. The van der Waals surface area contributed by atoms with Crippen LogP contribution in [0.4, 0.5) is 4.39 Å². The molecule has 0 fully saturated rings. The van der Waals surface area contributed by atoms with E-state index >= 15 is 0 Å². The Balaban J connectivity index is 2.58. The van der Waals surface area contributed by atoms with Gasteiger partial charge in [-0.05, 0) is 57.6 Å². The SMILES string of the molecule is Cc1cccc(F)c1CCCN(C)C. The zero-order valence-corrected chi connectivity index (χ0v) is 9.18. The number of hydrogen-bond acceptors (Lipinski definition) is 1. The zero-order chi connectivity index (χ0) is 10.6. The average molecular weight is 195 g/mol. The smallest absolute Gasteiger partial charge is 0.126 e. The quantitative estimate of drug-likeness (QED) is 0.714. The maximum atomic E-state index is 13.4. The van der Waals surface area contributed by atoms with Crippen LogP contribution in [0.25, 0.3) is 0 Å². The van der Waals surface area contributed by atoms with E-state index in [0.717, 1.165) is 30.5 Å². The van der Waals surface area contributed by atoms with Gasteiger partial charge in [0.2, 0.25) is 0 Å². The molecular formula is C12H18FN. The normalized spacial score (nSPS) is 10.9. The van der Waals surface area contributed by atoms with E-state index in [1.54, 1.807) is 6.07 Å². The van der Waals surface area contributed by atoms with Crippen LogP contribution in [0.2, 0.25) is 0 Å². The van der Waals surface area contributed by atoms with Gasteiger partial charge in [-0.15, -0.1) is 0 Å². The minimum atomic E-state index is -0.0660. The largest absolute Gasteiger partial charge is 0.309 e. The van der Waals surface area contributed by atoms with Crippen LogP contribution in [0.5, 0.6) is 0 Å². The van der Waals surface area contributed by atoms with Crippen molar-refractivity contribution in [2.45, 2.75) is 19.8 Å². The molecular weight excluding hydrogens is 177 g/mol. The molecule has 1 aromatic rings. The molecule has 78 valence electrons. The molecule has 0 aliphatic heterocycles. The Morgan fingerprint density at radius 2 is 2.00 bits per heavy atom. The molecule has 0 spiro atoms. The van der Waals surface area contributed by atoms with Gasteiger partial charge in [-0.2, -0.15) is 0 Å². The van der Waals surface area contributed by atoms with Crippen LogP contribution >= 0.6 is 0 Å². The van der Waals surface area contributed by atoms with Crippen LogP contribution in [0.15, 0.2) is 18.2 Å². The maximum absolute atomic E-state index is 13.4. The standard InChI is InChI=1S/C12H18FN/c1-10-6-4-8-12(13)11(10)7-5-9-14(2)3/h4,6,8H,5,7,9H2,1-3H3. The Morgan fingerprint density at radius 3 is 2.57 bits per heavy atom. The van der Waals surface area contributed by atoms with Gasteiger partial charge in [-0.1, -0.05) is 12.1 Å². The highest BCUT2D eigenvalue weighted by molar-refractivity contribution is 5.27. The van der Waals surface area contributed by atoms with Crippen molar-refractivity contribution in [2.24, 2.45) is 0 Å². The fraction of sp³-hybridized carbons (Fsp3) is 0.500. The Kier molecular flexibility index (Phi) is 4.08. The number of rotatable bonds is 4. The second kappa shape index (κ2) is 5.11. The van der Waals surface area contributed by atoms with Crippen LogP contribution in [-0.2, 0) is 6.42 Å². The molecule has 1 nitrogen and oxygen atoms in total. The van der Waals surface area contributed by atoms with Crippen molar-refractivity contribution in [2.75, 3.05) is 20.6 Å². The molecule has 0 saturated carbocycles. The van der Waals surface area contributed by atoms with Crippen molar-refractivity contribution < 1.29 is 4.39 Å². The molecule has 0 amide bonds. The van der Waals surface area contributed by atoms with E-state index in [9.17, 15) is 4.39 Å². The molecule has 0 aromatic heterocycles. The minimum Gasteiger partial charge on any atom is -0.309 e. The van der Waals surface area contributed by atoms with Gasteiger partial charge in [0.05, 0.1) is 0 Å². The van der Waals surface area contributed by atoms with E-state index in [0.29, 0.717) is 0 Å². The summed E-state index contributed by atoms with van der Waals surface area (Å²) in [6, 6.07) is 5.27. The Morgan fingerprint density at radius 1 is 1.29 bits per heavy atom. The van der Waals surface area contributed by atoms with E-state index in [1.807, 2.05) is 27.1 Å². The Hall–Kier alpha value is -0.890. The fourth-order valence-corrected chi connectivity index (χ4v) is 1.56. The summed E-state index contributed by atoms with van der Waals surface area (Å²) >= 11 is 0. The first-order valence-corrected chi connectivity index (χ1v) is 5.00. The van der Waals surface area contributed by atoms with E-state index in [2.05, 4.69) is 4.90 Å². The third-order valence-corrected chi connectivity index (χ3v) is 2.39. The average Bonchev–Trinajstić information content (AvgIpc) is 2.09. The Labute approximate surface area is 85.5 Å². The van der Waals surface area contributed by atoms with Crippen molar-refractivity contribution in [1.82, 2.24) is 4.90 Å². The van der Waals surface area contributed by atoms with E-state index in [4.69, 9.17) is 0 Å². The molecule has 1 rings (SSSR count). The molecule has 0 N–H and O–H groups in total.